The average molecular weight is 249 g/mol. The number of β-amino-alcohol motifs (C(OH)–C–C–N with tert-alkyl or cyclic N) is 1. The van der Waals surface area contributed by atoms with Crippen LogP contribution in [0.25, 0.3) is 0 Å². The molecule has 1 unspecified atom stereocenters. The van der Waals surface area contributed by atoms with Crippen LogP contribution in [0, 0.1) is 13.8 Å². The van der Waals surface area contributed by atoms with Gasteiger partial charge >= 0.3 is 5.97 Å². The van der Waals surface area contributed by atoms with Crippen molar-refractivity contribution in [3.8, 4) is 0 Å². The summed E-state index contributed by atoms with van der Waals surface area (Å²) in [5.74, 6) is -0.944. The van der Waals surface area contributed by atoms with Crippen molar-refractivity contribution in [1.82, 2.24) is 0 Å². The van der Waals surface area contributed by atoms with Gasteiger partial charge in [-0.05, 0) is 37.5 Å². The second kappa shape index (κ2) is 4.61. The van der Waals surface area contributed by atoms with E-state index in [-0.39, 0.29) is 6.42 Å². The minimum Gasteiger partial charge on any atom is -0.481 e. The summed E-state index contributed by atoms with van der Waals surface area (Å²) in [7, 11) is 0. The van der Waals surface area contributed by atoms with Crippen LogP contribution >= 0.6 is 0 Å². The lowest BCUT2D eigenvalue weighted by Crippen LogP contribution is -2.35. The summed E-state index contributed by atoms with van der Waals surface area (Å²) in [6.07, 6.45) is 0.320. The van der Waals surface area contributed by atoms with Gasteiger partial charge in [0, 0.05) is 18.8 Å². The Morgan fingerprint density at radius 3 is 2.83 bits per heavy atom. The zero-order valence-electron chi connectivity index (χ0n) is 10.8. The normalized spacial score (nSPS) is 23.4. The second-order valence-electron chi connectivity index (χ2n) is 5.26. The molecule has 2 N–H and O–H groups in total. The summed E-state index contributed by atoms with van der Waals surface area (Å²) in [6.45, 7) is 5.16. The molecule has 0 saturated carbocycles. The molecule has 18 heavy (non-hydrogen) atoms. The number of hydrogen-bond donors (Lipinski definition) is 2. The summed E-state index contributed by atoms with van der Waals surface area (Å²) < 4.78 is 0. The molecule has 4 heteroatoms. The van der Waals surface area contributed by atoms with E-state index in [4.69, 9.17) is 5.11 Å². The number of benzene rings is 1. The first-order valence-corrected chi connectivity index (χ1v) is 6.16. The third-order valence-electron chi connectivity index (χ3n) is 3.52. The number of aliphatic hydroxyl groups is 1. The van der Waals surface area contributed by atoms with Gasteiger partial charge in [0.1, 0.15) is 0 Å². The Hall–Kier alpha value is -1.55. The van der Waals surface area contributed by atoms with E-state index in [9.17, 15) is 9.90 Å². The van der Waals surface area contributed by atoms with E-state index in [1.807, 2.05) is 13.8 Å². The van der Waals surface area contributed by atoms with Crippen LogP contribution in [0.2, 0.25) is 0 Å². The molecule has 0 bridgehead atoms. The van der Waals surface area contributed by atoms with Crippen LogP contribution in [0.15, 0.2) is 18.2 Å². The van der Waals surface area contributed by atoms with Gasteiger partial charge < -0.3 is 15.1 Å². The third-order valence-corrected chi connectivity index (χ3v) is 3.52. The third kappa shape index (κ3) is 2.64. The maximum atomic E-state index is 10.7. The summed E-state index contributed by atoms with van der Waals surface area (Å²) in [5.41, 5.74) is 2.32. The molecule has 1 saturated heterocycles. The van der Waals surface area contributed by atoms with E-state index >= 15 is 0 Å². The molecular formula is C14H19NO3. The highest BCUT2D eigenvalue weighted by Gasteiger charge is 2.38. The molecule has 98 valence electrons. The molecule has 0 spiro atoms. The highest BCUT2D eigenvalue weighted by Crippen LogP contribution is 2.31. The zero-order chi connectivity index (χ0) is 13.3. The average Bonchev–Trinajstić information content (AvgIpc) is 2.63. The van der Waals surface area contributed by atoms with Crippen molar-refractivity contribution in [3.05, 3.63) is 29.3 Å². The lowest BCUT2D eigenvalue weighted by atomic mass is 9.99. The molecule has 0 radical (unpaired) electrons. The number of carbonyl (C=O) groups is 1. The predicted octanol–water partition coefficient (Wildman–Crippen LogP) is 1.72. The van der Waals surface area contributed by atoms with Gasteiger partial charge in [0.25, 0.3) is 0 Å². The minimum absolute atomic E-state index is 0.186. The van der Waals surface area contributed by atoms with Crippen molar-refractivity contribution in [2.45, 2.75) is 32.3 Å². The first-order valence-electron chi connectivity index (χ1n) is 6.16. The van der Waals surface area contributed by atoms with Crippen molar-refractivity contribution in [2.75, 3.05) is 18.0 Å². The summed E-state index contributed by atoms with van der Waals surface area (Å²) in [5, 5.41) is 19.0. The topological polar surface area (TPSA) is 60.8 Å². The Bertz CT molecular complexity index is 472. The van der Waals surface area contributed by atoms with Gasteiger partial charge in [0.2, 0.25) is 0 Å². The minimum atomic E-state index is -1.10. The molecule has 1 atom stereocenters. The number of carboxylic acids is 1. The number of carboxylic acid groups (broad SMARTS) is 1. The van der Waals surface area contributed by atoms with Crippen molar-refractivity contribution < 1.29 is 15.0 Å². The Morgan fingerprint density at radius 1 is 1.44 bits per heavy atom. The van der Waals surface area contributed by atoms with Crippen molar-refractivity contribution in [1.29, 1.82) is 0 Å². The molecule has 1 heterocycles. The fourth-order valence-electron chi connectivity index (χ4n) is 2.55. The first kappa shape index (κ1) is 12.9. The van der Waals surface area contributed by atoms with E-state index in [1.54, 1.807) is 0 Å². The Kier molecular flexibility index (Phi) is 3.30. The van der Waals surface area contributed by atoms with Crippen LogP contribution in [0.5, 0.6) is 0 Å². The van der Waals surface area contributed by atoms with Crippen LogP contribution in [0.4, 0.5) is 5.69 Å². The highest BCUT2D eigenvalue weighted by atomic mass is 16.4. The second-order valence-corrected chi connectivity index (χ2v) is 5.26. The van der Waals surface area contributed by atoms with E-state index in [1.165, 1.54) is 5.56 Å². The van der Waals surface area contributed by atoms with Crippen LogP contribution in [-0.4, -0.2) is 34.9 Å². The molecule has 1 fully saturated rings. The molecule has 1 aliphatic heterocycles. The smallest absolute Gasteiger partial charge is 0.306 e. The Labute approximate surface area is 107 Å². The lowest BCUT2D eigenvalue weighted by molar-refractivity contribution is -0.141. The van der Waals surface area contributed by atoms with Gasteiger partial charge in [-0.15, -0.1) is 0 Å². The number of rotatable bonds is 3. The number of aliphatic carboxylic acids is 1. The van der Waals surface area contributed by atoms with Crippen molar-refractivity contribution >= 4 is 11.7 Å². The van der Waals surface area contributed by atoms with Crippen LogP contribution in [-0.2, 0) is 4.79 Å². The van der Waals surface area contributed by atoms with Crippen molar-refractivity contribution in [2.24, 2.45) is 0 Å². The molecule has 0 amide bonds. The van der Waals surface area contributed by atoms with Crippen LogP contribution in [0.1, 0.15) is 24.0 Å². The highest BCUT2D eigenvalue weighted by molar-refractivity contribution is 5.69. The molecule has 1 aromatic rings. The number of anilines is 1. The summed E-state index contributed by atoms with van der Waals surface area (Å²) in [4.78, 5) is 12.8. The van der Waals surface area contributed by atoms with E-state index < -0.39 is 11.6 Å². The monoisotopic (exact) mass is 249 g/mol. The Morgan fingerprint density at radius 2 is 2.17 bits per heavy atom. The van der Waals surface area contributed by atoms with Crippen molar-refractivity contribution in [3.63, 3.8) is 0 Å². The lowest BCUT2D eigenvalue weighted by Gasteiger charge is -2.24. The van der Waals surface area contributed by atoms with E-state index in [0.29, 0.717) is 19.5 Å². The number of hydrogen-bond acceptors (Lipinski definition) is 3. The molecule has 1 aliphatic rings. The maximum Gasteiger partial charge on any atom is 0.306 e. The van der Waals surface area contributed by atoms with E-state index in [2.05, 4.69) is 23.1 Å². The predicted molar refractivity (Wildman–Crippen MR) is 69.9 cm³/mol. The quantitative estimate of drug-likeness (QED) is 0.856. The van der Waals surface area contributed by atoms with E-state index in [0.717, 1.165) is 11.3 Å². The summed E-state index contributed by atoms with van der Waals surface area (Å²) >= 11 is 0. The fourth-order valence-corrected chi connectivity index (χ4v) is 2.55. The van der Waals surface area contributed by atoms with Gasteiger partial charge in [-0.2, -0.15) is 0 Å². The van der Waals surface area contributed by atoms with Gasteiger partial charge in [0.15, 0.2) is 0 Å². The van der Waals surface area contributed by atoms with Gasteiger partial charge in [-0.1, -0.05) is 12.1 Å². The summed E-state index contributed by atoms with van der Waals surface area (Å²) in [6, 6.07) is 6.19. The Balaban J connectivity index is 2.17. The number of aryl methyl sites for hydroxylation is 2. The molecule has 2 rings (SSSR count). The molecular weight excluding hydrogens is 230 g/mol. The van der Waals surface area contributed by atoms with Crippen LogP contribution < -0.4 is 4.90 Å². The first-order chi connectivity index (χ1) is 8.39. The van der Waals surface area contributed by atoms with Crippen LogP contribution in [0.3, 0.4) is 0 Å². The van der Waals surface area contributed by atoms with Gasteiger partial charge in [0.05, 0.1) is 12.0 Å². The molecule has 4 nitrogen and oxygen atoms in total. The molecule has 1 aromatic carbocycles. The van der Waals surface area contributed by atoms with Gasteiger partial charge in [-0.3, -0.25) is 4.79 Å². The zero-order valence-corrected chi connectivity index (χ0v) is 10.8. The molecule has 0 aromatic heterocycles. The SMILES string of the molecule is Cc1ccc(C)c(N2CCC(O)(CC(=O)O)C2)c1. The molecule has 0 aliphatic carbocycles. The fraction of sp³-hybridized carbons (Fsp3) is 0.500. The number of nitrogens with zero attached hydrogens (tertiary/aromatic N) is 1. The largest absolute Gasteiger partial charge is 0.481 e. The standard InChI is InChI=1S/C14H19NO3/c1-10-3-4-11(2)12(7-10)15-6-5-14(18,9-15)8-13(16)17/h3-4,7,18H,5-6,8-9H2,1-2H3,(H,16,17). The maximum absolute atomic E-state index is 10.7. The van der Waals surface area contributed by atoms with Gasteiger partial charge in [-0.25, -0.2) is 0 Å².